The number of rotatable bonds is 2. The number of anilines is 1. The first-order valence-electron chi connectivity index (χ1n) is 8.52. The fourth-order valence-electron chi connectivity index (χ4n) is 3.91. The number of fused-ring (bicyclic) bond motifs is 2. The van der Waals surface area contributed by atoms with Crippen molar-refractivity contribution in [2.45, 2.75) is 25.9 Å². The van der Waals surface area contributed by atoms with Gasteiger partial charge in [-0.25, -0.2) is 13.9 Å². The van der Waals surface area contributed by atoms with Crippen molar-refractivity contribution in [2.24, 2.45) is 0 Å². The zero-order valence-corrected chi connectivity index (χ0v) is 13.9. The Morgan fingerprint density at radius 2 is 2.12 bits per heavy atom. The van der Waals surface area contributed by atoms with Crippen molar-refractivity contribution in [3.05, 3.63) is 71.7 Å². The molecule has 2 aliphatic rings. The molecule has 5 nitrogen and oxygen atoms in total. The van der Waals surface area contributed by atoms with Crippen LogP contribution in [0, 0.1) is 12.7 Å². The standard InChI is InChI=1S/C19H18FN5/c1-13-4-6-15(20)9-17(13)24-11-16-3-2-8-23(16)19(24)14-5-7-18-21-12-22-25(18)10-14/h4-7,9-12,19H,2-3,8H2,1H3. The quantitative estimate of drug-likeness (QED) is 0.716. The molecule has 1 atom stereocenters. The summed E-state index contributed by atoms with van der Waals surface area (Å²) in [4.78, 5) is 8.81. The van der Waals surface area contributed by atoms with Crippen LogP contribution in [0.15, 0.2) is 54.8 Å². The molecule has 5 rings (SSSR count). The zero-order chi connectivity index (χ0) is 17.0. The average molecular weight is 335 g/mol. The van der Waals surface area contributed by atoms with Crippen LogP contribution in [0.1, 0.15) is 30.1 Å². The van der Waals surface area contributed by atoms with E-state index in [0.29, 0.717) is 0 Å². The topological polar surface area (TPSA) is 36.7 Å². The van der Waals surface area contributed by atoms with Crippen molar-refractivity contribution in [1.82, 2.24) is 19.5 Å². The lowest BCUT2D eigenvalue weighted by atomic mass is 10.1. The molecule has 2 aliphatic heterocycles. The maximum absolute atomic E-state index is 13.9. The minimum atomic E-state index is -0.212. The summed E-state index contributed by atoms with van der Waals surface area (Å²) in [5.74, 6) is -0.212. The molecule has 126 valence electrons. The molecule has 6 heteroatoms. The maximum Gasteiger partial charge on any atom is 0.155 e. The molecule has 25 heavy (non-hydrogen) atoms. The van der Waals surface area contributed by atoms with Gasteiger partial charge in [-0.15, -0.1) is 0 Å². The summed E-state index contributed by atoms with van der Waals surface area (Å²) in [7, 11) is 0. The molecule has 1 unspecified atom stereocenters. The predicted octanol–water partition coefficient (Wildman–Crippen LogP) is 3.63. The van der Waals surface area contributed by atoms with Crippen molar-refractivity contribution < 1.29 is 4.39 Å². The summed E-state index contributed by atoms with van der Waals surface area (Å²) < 4.78 is 15.7. The summed E-state index contributed by atoms with van der Waals surface area (Å²) in [6, 6.07) is 9.04. The van der Waals surface area contributed by atoms with Crippen molar-refractivity contribution in [2.75, 3.05) is 11.4 Å². The van der Waals surface area contributed by atoms with Crippen LogP contribution in [0.4, 0.5) is 10.1 Å². The van der Waals surface area contributed by atoms with E-state index < -0.39 is 0 Å². The molecule has 2 aromatic heterocycles. The molecule has 4 heterocycles. The molecule has 1 aromatic carbocycles. The van der Waals surface area contributed by atoms with Crippen LogP contribution in [0.2, 0.25) is 0 Å². The van der Waals surface area contributed by atoms with Gasteiger partial charge >= 0.3 is 0 Å². The molecular weight excluding hydrogens is 317 g/mol. The van der Waals surface area contributed by atoms with E-state index in [-0.39, 0.29) is 12.0 Å². The highest BCUT2D eigenvalue weighted by Crippen LogP contribution is 2.43. The van der Waals surface area contributed by atoms with Crippen molar-refractivity contribution in [3.8, 4) is 0 Å². The molecule has 1 fully saturated rings. The first-order valence-corrected chi connectivity index (χ1v) is 8.52. The Balaban J connectivity index is 1.65. The van der Waals surface area contributed by atoms with Gasteiger partial charge in [0.1, 0.15) is 18.3 Å². The molecule has 3 aromatic rings. The van der Waals surface area contributed by atoms with Crippen molar-refractivity contribution >= 4 is 11.3 Å². The van der Waals surface area contributed by atoms with Gasteiger partial charge in [0.2, 0.25) is 0 Å². The Kier molecular flexibility index (Phi) is 3.07. The van der Waals surface area contributed by atoms with E-state index in [1.807, 2.05) is 25.3 Å². The number of hydrogen-bond acceptors (Lipinski definition) is 4. The van der Waals surface area contributed by atoms with Gasteiger partial charge in [0.15, 0.2) is 5.65 Å². The third-order valence-electron chi connectivity index (χ3n) is 5.09. The number of aryl methyl sites for hydroxylation is 1. The van der Waals surface area contributed by atoms with Crippen LogP contribution < -0.4 is 4.90 Å². The third kappa shape index (κ3) is 2.21. The minimum Gasteiger partial charge on any atom is -0.349 e. The van der Waals surface area contributed by atoms with Crippen LogP contribution in [0.25, 0.3) is 5.65 Å². The number of pyridine rings is 1. The highest BCUT2D eigenvalue weighted by atomic mass is 19.1. The van der Waals surface area contributed by atoms with E-state index in [2.05, 4.69) is 32.1 Å². The first kappa shape index (κ1) is 14.5. The monoisotopic (exact) mass is 335 g/mol. The van der Waals surface area contributed by atoms with E-state index in [1.165, 1.54) is 11.8 Å². The van der Waals surface area contributed by atoms with E-state index >= 15 is 0 Å². The van der Waals surface area contributed by atoms with Crippen LogP contribution in [-0.4, -0.2) is 26.0 Å². The van der Waals surface area contributed by atoms with E-state index in [4.69, 9.17) is 0 Å². The summed E-state index contributed by atoms with van der Waals surface area (Å²) in [5, 5.41) is 4.26. The Bertz CT molecular complexity index is 992. The van der Waals surface area contributed by atoms with Gasteiger partial charge in [-0.2, -0.15) is 5.10 Å². The molecular formula is C19H18FN5. The molecule has 0 saturated carbocycles. The number of hydrogen-bond donors (Lipinski definition) is 0. The van der Waals surface area contributed by atoms with Gasteiger partial charge in [0, 0.05) is 35.9 Å². The van der Waals surface area contributed by atoms with Gasteiger partial charge in [-0.3, -0.25) is 0 Å². The van der Waals surface area contributed by atoms with E-state index in [9.17, 15) is 4.39 Å². The van der Waals surface area contributed by atoms with Crippen molar-refractivity contribution in [1.29, 1.82) is 0 Å². The predicted molar refractivity (Wildman–Crippen MR) is 93.4 cm³/mol. The summed E-state index contributed by atoms with van der Waals surface area (Å²) in [6.07, 6.45) is 7.99. The fourth-order valence-corrected chi connectivity index (χ4v) is 3.91. The first-order chi connectivity index (χ1) is 12.2. The zero-order valence-electron chi connectivity index (χ0n) is 13.9. The van der Waals surface area contributed by atoms with E-state index in [0.717, 1.165) is 41.8 Å². The lowest BCUT2D eigenvalue weighted by molar-refractivity contribution is 0.318. The normalized spacial score (nSPS) is 19.6. The van der Waals surface area contributed by atoms with Gasteiger partial charge in [0.05, 0.1) is 0 Å². The van der Waals surface area contributed by atoms with E-state index in [1.54, 1.807) is 16.9 Å². The molecule has 0 aliphatic carbocycles. The smallest absolute Gasteiger partial charge is 0.155 e. The second-order valence-electron chi connectivity index (χ2n) is 6.65. The number of benzene rings is 1. The summed E-state index contributed by atoms with van der Waals surface area (Å²) >= 11 is 0. The number of allylic oxidation sites excluding steroid dienone is 1. The lowest BCUT2D eigenvalue weighted by Crippen LogP contribution is -2.31. The summed E-state index contributed by atoms with van der Waals surface area (Å²) in [6.45, 7) is 3.03. The number of aromatic nitrogens is 3. The molecule has 0 radical (unpaired) electrons. The van der Waals surface area contributed by atoms with Gasteiger partial charge in [0.25, 0.3) is 0 Å². The minimum absolute atomic E-state index is 0.0200. The number of nitrogens with zero attached hydrogens (tertiary/aromatic N) is 5. The lowest BCUT2D eigenvalue weighted by Gasteiger charge is -2.33. The molecule has 0 N–H and O–H groups in total. The molecule has 1 saturated heterocycles. The third-order valence-corrected chi connectivity index (χ3v) is 5.09. The van der Waals surface area contributed by atoms with Crippen LogP contribution in [0.3, 0.4) is 0 Å². The Morgan fingerprint density at radius 3 is 3.04 bits per heavy atom. The molecule has 0 spiro atoms. The molecule has 0 amide bonds. The fraction of sp³-hybridized carbons (Fsp3) is 0.263. The summed E-state index contributed by atoms with van der Waals surface area (Å²) in [5.41, 5.74) is 5.23. The highest BCUT2D eigenvalue weighted by Gasteiger charge is 2.37. The second kappa shape index (κ2) is 5.31. The van der Waals surface area contributed by atoms with Gasteiger partial charge in [-0.1, -0.05) is 6.07 Å². The second-order valence-corrected chi connectivity index (χ2v) is 6.65. The largest absolute Gasteiger partial charge is 0.349 e. The van der Waals surface area contributed by atoms with Crippen LogP contribution in [0.5, 0.6) is 0 Å². The SMILES string of the molecule is Cc1ccc(F)cc1N1C=C2CCCN2C1c1ccc2ncnn2c1. The number of halogens is 1. The van der Waals surface area contributed by atoms with Crippen LogP contribution in [-0.2, 0) is 0 Å². The van der Waals surface area contributed by atoms with Crippen molar-refractivity contribution in [3.63, 3.8) is 0 Å². The van der Waals surface area contributed by atoms with Crippen LogP contribution >= 0.6 is 0 Å². The maximum atomic E-state index is 13.9. The van der Waals surface area contributed by atoms with Gasteiger partial charge < -0.3 is 9.80 Å². The Morgan fingerprint density at radius 1 is 1.20 bits per heavy atom. The Labute approximate surface area is 145 Å². The Hall–Kier alpha value is -2.89. The average Bonchev–Trinajstić information content (AvgIpc) is 3.30. The molecule has 0 bridgehead atoms. The van der Waals surface area contributed by atoms with Gasteiger partial charge in [-0.05, 0) is 49.6 Å². The highest BCUT2D eigenvalue weighted by molar-refractivity contribution is 5.60.